The maximum absolute atomic E-state index is 8.59. The van der Waals surface area contributed by atoms with E-state index in [-0.39, 0.29) is 11.8 Å². The highest BCUT2D eigenvalue weighted by Crippen LogP contribution is 2.10. The molecule has 0 spiro atoms. The zero-order valence-electron chi connectivity index (χ0n) is 10.7. The Morgan fingerprint density at radius 3 is 2.47 bits per heavy atom. The van der Waals surface area contributed by atoms with Crippen molar-refractivity contribution in [2.24, 2.45) is 16.8 Å². The van der Waals surface area contributed by atoms with E-state index in [1.54, 1.807) is 0 Å². The van der Waals surface area contributed by atoms with Gasteiger partial charge in [0.2, 0.25) is 5.95 Å². The van der Waals surface area contributed by atoms with E-state index in [0.29, 0.717) is 12.5 Å². The van der Waals surface area contributed by atoms with Gasteiger partial charge in [0.15, 0.2) is 0 Å². The summed E-state index contributed by atoms with van der Waals surface area (Å²) in [5, 5.41) is 11.6. The van der Waals surface area contributed by atoms with E-state index >= 15 is 0 Å². The van der Waals surface area contributed by atoms with E-state index in [0.717, 1.165) is 11.4 Å². The Bertz CT molecular complexity index is 398. The number of nitrogens with two attached hydrogens (primary N) is 1. The molecule has 6 nitrogen and oxygen atoms in total. The third-order valence-corrected chi connectivity index (χ3v) is 2.48. The van der Waals surface area contributed by atoms with E-state index in [1.807, 2.05) is 38.8 Å². The second-order valence-corrected chi connectivity index (χ2v) is 4.26. The van der Waals surface area contributed by atoms with Crippen molar-refractivity contribution in [3.63, 3.8) is 0 Å². The molecule has 17 heavy (non-hydrogen) atoms. The van der Waals surface area contributed by atoms with Crippen molar-refractivity contribution >= 4 is 11.8 Å². The third kappa shape index (κ3) is 3.58. The Labute approximate surface area is 101 Å². The van der Waals surface area contributed by atoms with E-state index in [4.69, 9.17) is 10.9 Å². The first kappa shape index (κ1) is 13.2. The summed E-state index contributed by atoms with van der Waals surface area (Å²) in [6, 6.07) is 1.92. The fourth-order valence-corrected chi connectivity index (χ4v) is 1.56. The smallest absolute Gasteiger partial charge is 0.225 e. The van der Waals surface area contributed by atoms with Crippen molar-refractivity contribution in [1.82, 2.24) is 9.97 Å². The Morgan fingerprint density at radius 1 is 1.47 bits per heavy atom. The highest BCUT2D eigenvalue weighted by atomic mass is 16.4. The zero-order chi connectivity index (χ0) is 13.0. The van der Waals surface area contributed by atoms with E-state index in [2.05, 4.69) is 15.1 Å². The Morgan fingerprint density at radius 2 is 2.00 bits per heavy atom. The topological polar surface area (TPSA) is 87.6 Å². The molecule has 0 fully saturated rings. The van der Waals surface area contributed by atoms with Crippen LogP contribution in [0.25, 0.3) is 0 Å². The normalized spacial score (nSPS) is 13.5. The second kappa shape index (κ2) is 5.47. The van der Waals surface area contributed by atoms with Crippen molar-refractivity contribution in [3.8, 4) is 0 Å². The van der Waals surface area contributed by atoms with Gasteiger partial charge in [0.05, 0.1) is 0 Å². The maximum Gasteiger partial charge on any atom is 0.225 e. The monoisotopic (exact) mass is 237 g/mol. The fraction of sp³-hybridized carbons (Fsp3) is 0.545. The highest BCUT2D eigenvalue weighted by Gasteiger charge is 2.13. The minimum absolute atomic E-state index is 0.0607. The summed E-state index contributed by atoms with van der Waals surface area (Å²) in [7, 11) is 1.88. The van der Waals surface area contributed by atoms with Crippen LogP contribution in [0.4, 0.5) is 5.95 Å². The number of aryl methyl sites for hydroxylation is 2. The lowest BCUT2D eigenvalue weighted by molar-refractivity contribution is 0.314. The van der Waals surface area contributed by atoms with Gasteiger partial charge in [-0.05, 0) is 19.9 Å². The quantitative estimate of drug-likeness (QED) is 0.352. The summed E-state index contributed by atoms with van der Waals surface area (Å²) in [5.41, 5.74) is 7.39. The molecule has 1 rings (SSSR count). The van der Waals surface area contributed by atoms with Gasteiger partial charge in [0.1, 0.15) is 5.84 Å². The summed E-state index contributed by atoms with van der Waals surface area (Å²) >= 11 is 0. The van der Waals surface area contributed by atoms with Crippen molar-refractivity contribution < 1.29 is 5.21 Å². The number of anilines is 1. The molecule has 1 unspecified atom stereocenters. The molecule has 0 amide bonds. The molecule has 0 aliphatic heterocycles. The number of hydrogen-bond donors (Lipinski definition) is 2. The lowest BCUT2D eigenvalue weighted by Crippen LogP contribution is -2.33. The van der Waals surface area contributed by atoms with E-state index < -0.39 is 0 Å². The maximum atomic E-state index is 8.59. The lowest BCUT2D eigenvalue weighted by Gasteiger charge is -2.21. The third-order valence-electron chi connectivity index (χ3n) is 2.48. The number of amidine groups is 1. The van der Waals surface area contributed by atoms with Crippen LogP contribution in [0.1, 0.15) is 18.3 Å². The molecule has 0 saturated heterocycles. The Hall–Kier alpha value is -1.85. The molecule has 3 N–H and O–H groups in total. The van der Waals surface area contributed by atoms with E-state index in [1.165, 1.54) is 0 Å². The summed E-state index contributed by atoms with van der Waals surface area (Å²) in [6.45, 7) is 6.34. The van der Waals surface area contributed by atoms with Crippen LogP contribution in [-0.4, -0.2) is 34.6 Å². The van der Waals surface area contributed by atoms with Gasteiger partial charge in [-0.1, -0.05) is 12.1 Å². The van der Waals surface area contributed by atoms with Gasteiger partial charge in [-0.3, -0.25) is 0 Å². The minimum Gasteiger partial charge on any atom is -0.409 e. The molecule has 1 atom stereocenters. The lowest BCUT2D eigenvalue weighted by atomic mass is 10.1. The SMILES string of the molecule is Cc1cc(C)nc(N(C)CC(C)/C(N)=N/O)n1. The first-order valence-electron chi connectivity index (χ1n) is 5.45. The van der Waals surface area contributed by atoms with E-state index in [9.17, 15) is 0 Å². The zero-order valence-corrected chi connectivity index (χ0v) is 10.7. The summed E-state index contributed by atoms with van der Waals surface area (Å²) in [4.78, 5) is 10.6. The van der Waals surface area contributed by atoms with Crippen molar-refractivity contribution in [2.75, 3.05) is 18.5 Å². The predicted molar refractivity (Wildman–Crippen MR) is 67.3 cm³/mol. The molecule has 1 aromatic rings. The Kier molecular flexibility index (Phi) is 4.25. The van der Waals surface area contributed by atoms with Gasteiger partial charge >= 0.3 is 0 Å². The molecular formula is C11H19N5O. The summed E-state index contributed by atoms with van der Waals surface area (Å²) < 4.78 is 0. The number of aromatic nitrogens is 2. The number of rotatable bonds is 4. The molecule has 0 aromatic carbocycles. The van der Waals surface area contributed by atoms with Crippen LogP contribution in [0.2, 0.25) is 0 Å². The van der Waals surface area contributed by atoms with Crippen LogP contribution in [0.15, 0.2) is 11.2 Å². The molecular weight excluding hydrogens is 218 g/mol. The minimum atomic E-state index is -0.0607. The highest BCUT2D eigenvalue weighted by molar-refractivity contribution is 5.82. The molecule has 0 radical (unpaired) electrons. The van der Waals surface area contributed by atoms with Crippen LogP contribution in [0.5, 0.6) is 0 Å². The number of hydrogen-bond acceptors (Lipinski definition) is 5. The van der Waals surface area contributed by atoms with Gasteiger partial charge in [0, 0.05) is 30.9 Å². The number of oxime groups is 1. The van der Waals surface area contributed by atoms with Crippen LogP contribution in [0, 0.1) is 19.8 Å². The van der Waals surface area contributed by atoms with Gasteiger partial charge in [-0.15, -0.1) is 0 Å². The standard InChI is InChI=1S/C11H19N5O/c1-7(10(12)15-17)6-16(4)11-13-8(2)5-9(3)14-11/h5,7,17H,6H2,1-4H3,(H2,12,15). The molecule has 0 saturated carbocycles. The molecule has 0 bridgehead atoms. The molecule has 6 heteroatoms. The largest absolute Gasteiger partial charge is 0.409 e. The van der Waals surface area contributed by atoms with Crippen molar-refractivity contribution in [1.29, 1.82) is 0 Å². The Balaban J connectivity index is 2.79. The van der Waals surface area contributed by atoms with Gasteiger partial charge < -0.3 is 15.8 Å². The van der Waals surface area contributed by atoms with Crippen molar-refractivity contribution in [2.45, 2.75) is 20.8 Å². The van der Waals surface area contributed by atoms with Gasteiger partial charge in [0.25, 0.3) is 0 Å². The first-order chi connectivity index (χ1) is 7.93. The molecule has 94 valence electrons. The van der Waals surface area contributed by atoms with Gasteiger partial charge in [-0.25, -0.2) is 9.97 Å². The average Bonchev–Trinajstić information content (AvgIpc) is 2.26. The van der Waals surface area contributed by atoms with Gasteiger partial charge in [-0.2, -0.15) is 0 Å². The molecule has 0 aliphatic rings. The predicted octanol–water partition coefficient (Wildman–Crippen LogP) is 0.912. The summed E-state index contributed by atoms with van der Waals surface area (Å²) in [5.74, 6) is 0.802. The van der Waals surface area contributed by atoms with Crippen LogP contribution >= 0.6 is 0 Å². The fourth-order valence-electron chi connectivity index (χ4n) is 1.56. The van der Waals surface area contributed by atoms with Crippen LogP contribution < -0.4 is 10.6 Å². The molecule has 0 aliphatic carbocycles. The van der Waals surface area contributed by atoms with Crippen LogP contribution in [-0.2, 0) is 0 Å². The first-order valence-corrected chi connectivity index (χ1v) is 5.45. The number of nitrogens with zero attached hydrogens (tertiary/aromatic N) is 4. The molecule has 1 heterocycles. The molecule has 1 aromatic heterocycles. The van der Waals surface area contributed by atoms with Crippen molar-refractivity contribution in [3.05, 3.63) is 17.5 Å². The van der Waals surface area contributed by atoms with Crippen LogP contribution in [0.3, 0.4) is 0 Å². The average molecular weight is 237 g/mol. The second-order valence-electron chi connectivity index (χ2n) is 4.26. The summed E-state index contributed by atoms with van der Waals surface area (Å²) in [6.07, 6.45) is 0.